The second-order valence-electron chi connectivity index (χ2n) is 7.37. The van der Waals surface area contributed by atoms with E-state index in [0.29, 0.717) is 24.3 Å². The first kappa shape index (κ1) is 21.4. The minimum absolute atomic E-state index is 0.208. The Kier molecular flexibility index (Phi) is 7.06. The van der Waals surface area contributed by atoms with E-state index in [0.717, 1.165) is 31.5 Å². The van der Waals surface area contributed by atoms with Crippen molar-refractivity contribution in [3.05, 3.63) is 53.6 Å². The summed E-state index contributed by atoms with van der Waals surface area (Å²) in [6.07, 6.45) is 2.90. The van der Waals surface area contributed by atoms with Crippen LogP contribution < -0.4 is 20.9 Å². The lowest BCUT2D eigenvalue weighted by molar-refractivity contribution is -0.136. The van der Waals surface area contributed by atoms with Crippen molar-refractivity contribution >= 4 is 34.8 Å². The molecule has 0 aromatic heterocycles. The van der Waals surface area contributed by atoms with Crippen molar-refractivity contribution in [2.45, 2.75) is 33.1 Å². The zero-order chi connectivity index (χ0) is 21.5. The first-order chi connectivity index (χ1) is 14.5. The maximum Gasteiger partial charge on any atom is 0.313 e. The molecule has 7 heteroatoms. The number of amides is 3. The zero-order valence-electron chi connectivity index (χ0n) is 17.5. The van der Waals surface area contributed by atoms with Gasteiger partial charge in [0.05, 0.1) is 0 Å². The third kappa shape index (κ3) is 5.59. The molecule has 2 aromatic carbocycles. The van der Waals surface area contributed by atoms with Crippen molar-refractivity contribution in [1.29, 1.82) is 0 Å². The van der Waals surface area contributed by atoms with Crippen LogP contribution in [0.5, 0.6) is 0 Å². The van der Waals surface area contributed by atoms with E-state index >= 15 is 0 Å². The summed E-state index contributed by atoms with van der Waals surface area (Å²) in [5.74, 6) is -1.63. The van der Waals surface area contributed by atoms with E-state index < -0.39 is 11.8 Å². The fraction of sp³-hybridized carbons (Fsp3) is 0.348. The molecule has 0 unspecified atom stereocenters. The third-order valence-corrected chi connectivity index (χ3v) is 5.09. The molecule has 1 aliphatic heterocycles. The lowest BCUT2D eigenvalue weighted by atomic mass is 9.98. The fourth-order valence-corrected chi connectivity index (χ4v) is 3.68. The Bertz CT molecular complexity index is 942. The second kappa shape index (κ2) is 9.91. The van der Waals surface area contributed by atoms with E-state index in [1.165, 1.54) is 18.2 Å². The Morgan fingerprint density at radius 1 is 1.00 bits per heavy atom. The molecule has 3 N–H and O–H groups in total. The smallest absolute Gasteiger partial charge is 0.313 e. The van der Waals surface area contributed by atoms with E-state index in [4.69, 9.17) is 0 Å². The molecule has 158 valence electrons. The van der Waals surface area contributed by atoms with Gasteiger partial charge in [-0.2, -0.15) is 0 Å². The molecule has 0 fully saturated rings. The number of nitrogens with zero attached hydrogens (tertiary/aromatic N) is 1. The molecule has 1 heterocycles. The van der Waals surface area contributed by atoms with E-state index in [1.54, 1.807) is 24.3 Å². The van der Waals surface area contributed by atoms with E-state index in [2.05, 4.69) is 46.0 Å². The van der Waals surface area contributed by atoms with Crippen molar-refractivity contribution in [3.8, 4) is 0 Å². The lowest BCUT2D eigenvalue weighted by Crippen LogP contribution is -2.36. The summed E-state index contributed by atoms with van der Waals surface area (Å²) in [4.78, 5) is 37.8. The molecular weight excluding hydrogens is 380 g/mol. The molecule has 1 aliphatic rings. The number of nitrogens with one attached hydrogen (secondary N) is 3. The maximum atomic E-state index is 12.1. The molecule has 2 aromatic rings. The molecule has 0 spiro atoms. The molecule has 0 saturated carbocycles. The molecular formula is C23H28N4O3. The van der Waals surface area contributed by atoms with Crippen molar-refractivity contribution in [2.75, 3.05) is 35.2 Å². The summed E-state index contributed by atoms with van der Waals surface area (Å²) in [6, 6.07) is 13.1. The van der Waals surface area contributed by atoms with Gasteiger partial charge in [0.1, 0.15) is 0 Å². The van der Waals surface area contributed by atoms with Crippen LogP contribution in [0.2, 0.25) is 0 Å². The van der Waals surface area contributed by atoms with Crippen LogP contribution in [0.3, 0.4) is 0 Å². The molecule has 0 saturated heterocycles. The topological polar surface area (TPSA) is 90.5 Å². The third-order valence-electron chi connectivity index (χ3n) is 5.09. The van der Waals surface area contributed by atoms with Gasteiger partial charge >= 0.3 is 11.8 Å². The Morgan fingerprint density at radius 3 is 2.50 bits per heavy atom. The number of carbonyl (C=O) groups excluding carboxylic acids is 3. The van der Waals surface area contributed by atoms with Gasteiger partial charge in [-0.3, -0.25) is 14.4 Å². The van der Waals surface area contributed by atoms with Crippen molar-refractivity contribution in [1.82, 2.24) is 5.32 Å². The van der Waals surface area contributed by atoms with Gasteiger partial charge in [0, 0.05) is 43.6 Å². The second-order valence-corrected chi connectivity index (χ2v) is 7.37. The highest BCUT2D eigenvalue weighted by Crippen LogP contribution is 2.27. The molecule has 3 rings (SSSR count). The predicted octanol–water partition coefficient (Wildman–Crippen LogP) is 2.71. The Hall–Kier alpha value is -3.35. The first-order valence-electron chi connectivity index (χ1n) is 10.3. The highest BCUT2D eigenvalue weighted by molar-refractivity contribution is 6.39. The van der Waals surface area contributed by atoms with Crippen LogP contribution in [0.15, 0.2) is 42.5 Å². The number of aryl methyl sites for hydroxylation is 1. The van der Waals surface area contributed by atoms with Crippen LogP contribution in [-0.4, -0.2) is 37.4 Å². The number of rotatable bonds is 6. The van der Waals surface area contributed by atoms with Gasteiger partial charge in [0.25, 0.3) is 0 Å². The summed E-state index contributed by atoms with van der Waals surface area (Å²) in [7, 11) is 0. The molecule has 0 aliphatic carbocycles. The van der Waals surface area contributed by atoms with Gasteiger partial charge in [-0.1, -0.05) is 18.2 Å². The van der Waals surface area contributed by atoms with Crippen LogP contribution in [0.25, 0.3) is 0 Å². The zero-order valence-corrected chi connectivity index (χ0v) is 17.5. The number of hydrogen-bond donors (Lipinski definition) is 3. The number of carbonyl (C=O) groups is 3. The predicted molar refractivity (Wildman–Crippen MR) is 119 cm³/mol. The summed E-state index contributed by atoms with van der Waals surface area (Å²) < 4.78 is 0. The maximum absolute atomic E-state index is 12.1. The van der Waals surface area contributed by atoms with Crippen molar-refractivity contribution in [3.63, 3.8) is 0 Å². The minimum Gasteiger partial charge on any atom is -0.372 e. The normalized spacial score (nSPS) is 12.7. The summed E-state index contributed by atoms with van der Waals surface area (Å²) >= 11 is 0. The summed E-state index contributed by atoms with van der Waals surface area (Å²) in [6.45, 7) is 6.06. The quantitative estimate of drug-likeness (QED) is 0.641. The van der Waals surface area contributed by atoms with Gasteiger partial charge in [-0.05, 0) is 61.6 Å². The van der Waals surface area contributed by atoms with Gasteiger partial charge in [0.15, 0.2) is 0 Å². The SMILES string of the molecule is CCN1CCCc2cc(CCNC(=O)C(=O)Nc3cccc(NC(C)=O)c3)ccc21. The molecule has 3 amide bonds. The average molecular weight is 409 g/mol. The van der Waals surface area contributed by atoms with Crippen LogP contribution in [0.1, 0.15) is 31.4 Å². The van der Waals surface area contributed by atoms with Crippen LogP contribution in [0.4, 0.5) is 17.1 Å². The van der Waals surface area contributed by atoms with E-state index in [-0.39, 0.29) is 5.91 Å². The highest BCUT2D eigenvalue weighted by atomic mass is 16.2. The van der Waals surface area contributed by atoms with Gasteiger partial charge in [-0.25, -0.2) is 0 Å². The molecule has 0 bridgehead atoms. The highest BCUT2D eigenvalue weighted by Gasteiger charge is 2.16. The van der Waals surface area contributed by atoms with Crippen LogP contribution in [0, 0.1) is 0 Å². The number of fused-ring (bicyclic) bond motifs is 1. The van der Waals surface area contributed by atoms with Crippen molar-refractivity contribution < 1.29 is 14.4 Å². The van der Waals surface area contributed by atoms with Crippen LogP contribution in [-0.2, 0) is 27.2 Å². The minimum atomic E-state index is -0.737. The molecule has 7 nitrogen and oxygen atoms in total. The van der Waals surface area contributed by atoms with Gasteiger partial charge in [-0.15, -0.1) is 0 Å². The van der Waals surface area contributed by atoms with Crippen molar-refractivity contribution in [2.24, 2.45) is 0 Å². The Labute approximate surface area is 176 Å². The molecule has 30 heavy (non-hydrogen) atoms. The first-order valence-corrected chi connectivity index (χ1v) is 10.3. The lowest BCUT2D eigenvalue weighted by Gasteiger charge is -2.30. The monoisotopic (exact) mass is 408 g/mol. The number of hydrogen-bond acceptors (Lipinski definition) is 4. The van der Waals surface area contributed by atoms with Gasteiger partial charge in [0.2, 0.25) is 5.91 Å². The average Bonchev–Trinajstić information content (AvgIpc) is 2.72. The standard InChI is InChI=1S/C23H28N4O3/c1-3-27-13-5-6-18-14-17(9-10-21(18)27)11-12-24-22(29)23(30)26-20-8-4-7-19(15-20)25-16(2)28/h4,7-10,14-15H,3,5-6,11-13H2,1-2H3,(H,24,29)(H,25,28)(H,26,30). The van der Waals surface area contributed by atoms with E-state index in [9.17, 15) is 14.4 Å². The van der Waals surface area contributed by atoms with E-state index in [1.807, 2.05) is 0 Å². The number of benzene rings is 2. The largest absolute Gasteiger partial charge is 0.372 e. The fourth-order valence-electron chi connectivity index (χ4n) is 3.68. The summed E-state index contributed by atoms with van der Waals surface area (Å²) in [5, 5.41) is 7.85. The number of anilines is 3. The van der Waals surface area contributed by atoms with Gasteiger partial charge < -0.3 is 20.9 Å². The molecule has 0 atom stereocenters. The Morgan fingerprint density at radius 2 is 1.77 bits per heavy atom. The summed E-state index contributed by atoms with van der Waals surface area (Å²) in [5.41, 5.74) is 4.79. The Balaban J connectivity index is 1.50. The van der Waals surface area contributed by atoms with Crippen LogP contribution >= 0.6 is 0 Å². The molecule has 0 radical (unpaired) electrons.